The Morgan fingerprint density at radius 1 is 1.44 bits per heavy atom. The lowest BCUT2D eigenvalue weighted by Crippen LogP contribution is -2.30. The van der Waals surface area contributed by atoms with Crippen LogP contribution in [0.2, 0.25) is 0 Å². The largest absolute Gasteiger partial charge is 0.411 e. The highest BCUT2D eigenvalue weighted by molar-refractivity contribution is 6.17. The Hall–Kier alpha value is -0.490. The lowest BCUT2D eigenvalue weighted by atomic mass is 10.0. The normalized spacial score (nSPS) is 13.4. The number of rotatable bonds is 9. The van der Waals surface area contributed by atoms with E-state index in [0.717, 1.165) is 12.8 Å². The van der Waals surface area contributed by atoms with E-state index in [1.54, 1.807) is 0 Å². The summed E-state index contributed by atoms with van der Waals surface area (Å²) in [5.41, 5.74) is 0. The molecule has 0 aliphatic heterocycles. The number of ether oxygens (including phenoxy) is 1. The molecule has 18 heavy (non-hydrogen) atoms. The minimum absolute atomic E-state index is 0.0621. The van der Waals surface area contributed by atoms with Crippen LogP contribution < -0.4 is 5.32 Å². The number of amides is 1. The molecule has 1 atom stereocenters. The van der Waals surface area contributed by atoms with Crippen LogP contribution in [0.1, 0.15) is 26.2 Å². The summed E-state index contributed by atoms with van der Waals surface area (Å²) in [5, 5.41) is 2.66. The molecule has 0 rings (SSSR count). The molecule has 0 spiro atoms. The van der Waals surface area contributed by atoms with Crippen LogP contribution in [-0.4, -0.2) is 37.7 Å². The predicted molar refractivity (Wildman–Crippen MR) is 63.6 cm³/mol. The van der Waals surface area contributed by atoms with Crippen LogP contribution in [0.5, 0.6) is 0 Å². The van der Waals surface area contributed by atoms with Crippen molar-refractivity contribution in [2.45, 2.75) is 32.4 Å². The zero-order valence-corrected chi connectivity index (χ0v) is 11.1. The quantitative estimate of drug-likeness (QED) is 0.523. The van der Waals surface area contributed by atoms with Crippen LogP contribution in [-0.2, 0) is 9.53 Å². The van der Waals surface area contributed by atoms with Crippen LogP contribution in [0, 0.1) is 5.92 Å². The standard InChI is InChI=1S/C11H19ClF3NO2/c1-2-9(3-5-12)7-16-10(17)4-6-18-8-11(13,14)15/h9H,2-8H2,1H3,(H,16,17). The second-order valence-electron chi connectivity index (χ2n) is 3.97. The maximum Gasteiger partial charge on any atom is 0.411 e. The number of hydrogen-bond donors (Lipinski definition) is 1. The van der Waals surface area contributed by atoms with Crippen molar-refractivity contribution >= 4 is 17.5 Å². The molecule has 1 unspecified atom stereocenters. The third-order valence-electron chi connectivity index (χ3n) is 2.42. The second-order valence-corrected chi connectivity index (χ2v) is 4.35. The number of nitrogens with one attached hydrogen (secondary N) is 1. The van der Waals surface area contributed by atoms with Gasteiger partial charge in [0.05, 0.1) is 6.61 Å². The Balaban J connectivity index is 3.59. The third-order valence-corrected chi connectivity index (χ3v) is 2.64. The first-order valence-electron chi connectivity index (χ1n) is 5.86. The van der Waals surface area contributed by atoms with Crippen molar-refractivity contribution in [3.8, 4) is 0 Å². The fourth-order valence-corrected chi connectivity index (χ4v) is 1.61. The number of alkyl halides is 4. The summed E-state index contributed by atoms with van der Waals surface area (Å²) in [7, 11) is 0. The van der Waals surface area contributed by atoms with Crippen LogP contribution in [0.25, 0.3) is 0 Å². The van der Waals surface area contributed by atoms with E-state index in [0.29, 0.717) is 18.3 Å². The van der Waals surface area contributed by atoms with Gasteiger partial charge in [-0.2, -0.15) is 13.2 Å². The van der Waals surface area contributed by atoms with E-state index in [1.165, 1.54) is 0 Å². The average Bonchev–Trinajstić information content (AvgIpc) is 2.29. The van der Waals surface area contributed by atoms with E-state index >= 15 is 0 Å². The molecule has 0 bridgehead atoms. The molecule has 3 nitrogen and oxygen atoms in total. The number of halogens is 4. The van der Waals surface area contributed by atoms with Crippen LogP contribution >= 0.6 is 11.6 Å². The molecule has 7 heteroatoms. The zero-order chi connectivity index (χ0) is 14.0. The molecule has 0 aromatic carbocycles. The molecule has 1 N–H and O–H groups in total. The predicted octanol–water partition coefficient (Wildman–Crippen LogP) is 2.73. The van der Waals surface area contributed by atoms with E-state index < -0.39 is 12.8 Å². The highest BCUT2D eigenvalue weighted by Crippen LogP contribution is 2.14. The molecular weight excluding hydrogens is 271 g/mol. The second kappa shape index (κ2) is 9.44. The number of hydrogen-bond acceptors (Lipinski definition) is 2. The zero-order valence-electron chi connectivity index (χ0n) is 10.4. The summed E-state index contributed by atoms with van der Waals surface area (Å²) in [6, 6.07) is 0. The van der Waals surface area contributed by atoms with E-state index in [-0.39, 0.29) is 18.9 Å². The first-order valence-corrected chi connectivity index (χ1v) is 6.39. The van der Waals surface area contributed by atoms with Gasteiger partial charge in [-0.05, 0) is 12.3 Å². The Morgan fingerprint density at radius 3 is 2.61 bits per heavy atom. The first kappa shape index (κ1) is 17.5. The van der Waals surface area contributed by atoms with Gasteiger partial charge >= 0.3 is 6.18 Å². The molecule has 1 amide bonds. The van der Waals surface area contributed by atoms with Gasteiger partial charge in [-0.15, -0.1) is 11.6 Å². The SMILES string of the molecule is CCC(CCCl)CNC(=O)CCOCC(F)(F)F. The van der Waals surface area contributed by atoms with Crippen LogP contribution in [0.15, 0.2) is 0 Å². The monoisotopic (exact) mass is 289 g/mol. The van der Waals surface area contributed by atoms with Gasteiger partial charge in [0.2, 0.25) is 5.91 Å². The Kier molecular flexibility index (Phi) is 9.18. The van der Waals surface area contributed by atoms with Crippen molar-refractivity contribution in [3.05, 3.63) is 0 Å². The molecule has 0 radical (unpaired) electrons. The van der Waals surface area contributed by atoms with Gasteiger partial charge in [-0.25, -0.2) is 0 Å². The molecule has 0 fully saturated rings. The summed E-state index contributed by atoms with van der Waals surface area (Å²) in [6.07, 6.45) is -2.70. The van der Waals surface area contributed by atoms with Crippen molar-refractivity contribution in [2.24, 2.45) is 5.92 Å². The van der Waals surface area contributed by atoms with Gasteiger partial charge in [0, 0.05) is 18.8 Å². The van der Waals surface area contributed by atoms with Gasteiger partial charge in [0.1, 0.15) is 6.61 Å². The Labute approximate surface area is 110 Å². The van der Waals surface area contributed by atoms with Gasteiger partial charge in [0.25, 0.3) is 0 Å². The molecule has 0 aliphatic carbocycles. The lowest BCUT2D eigenvalue weighted by Gasteiger charge is -2.14. The highest BCUT2D eigenvalue weighted by atomic mass is 35.5. The van der Waals surface area contributed by atoms with Gasteiger partial charge in [-0.3, -0.25) is 4.79 Å². The highest BCUT2D eigenvalue weighted by Gasteiger charge is 2.27. The van der Waals surface area contributed by atoms with Crippen molar-refractivity contribution < 1.29 is 22.7 Å². The van der Waals surface area contributed by atoms with Gasteiger partial charge < -0.3 is 10.1 Å². The molecule has 0 saturated carbocycles. The molecule has 0 saturated heterocycles. The van der Waals surface area contributed by atoms with E-state index in [2.05, 4.69) is 10.1 Å². The molecular formula is C11H19ClF3NO2. The van der Waals surface area contributed by atoms with Crippen molar-refractivity contribution in [1.82, 2.24) is 5.32 Å². The van der Waals surface area contributed by atoms with Crippen molar-refractivity contribution in [1.29, 1.82) is 0 Å². The summed E-state index contributed by atoms with van der Waals surface area (Å²) in [4.78, 5) is 11.3. The van der Waals surface area contributed by atoms with Crippen molar-refractivity contribution in [2.75, 3.05) is 25.6 Å². The van der Waals surface area contributed by atoms with Crippen molar-refractivity contribution in [3.63, 3.8) is 0 Å². The summed E-state index contributed by atoms with van der Waals surface area (Å²) in [5.74, 6) is 0.538. The summed E-state index contributed by atoms with van der Waals surface area (Å²) in [6.45, 7) is 0.957. The average molecular weight is 290 g/mol. The lowest BCUT2D eigenvalue weighted by molar-refractivity contribution is -0.174. The van der Waals surface area contributed by atoms with E-state index in [4.69, 9.17) is 11.6 Å². The fraction of sp³-hybridized carbons (Fsp3) is 0.909. The molecule has 0 aliphatic rings. The third kappa shape index (κ3) is 10.7. The number of carbonyl (C=O) groups excluding carboxylic acids is 1. The topological polar surface area (TPSA) is 38.3 Å². The number of carbonyl (C=O) groups is 1. The summed E-state index contributed by atoms with van der Waals surface area (Å²) >= 11 is 5.60. The molecule has 0 aromatic heterocycles. The van der Waals surface area contributed by atoms with E-state index in [1.807, 2.05) is 6.92 Å². The summed E-state index contributed by atoms with van der Waals surface area (Å²) < 4.78 is 39.5. The van der Waals surface area contributed by atoms with E-state index in [9.17, 15) is 18.0 Å². The van der Waals surface area contributed by atoms with Gasteiger partial charge in [-0.1, -0.05) is 13.3 Å². The van der Waals surface area contributed by atoms with Crippen LogP contribution in [0.4, 0.5) is 13.2 Å². The van der Waals surface area contributed by atoms with Gasteiger partial charge in [0.15, 0.2) is 0 Å². The maximum absolute atomic E-state index is 11.7. The molecule has 108 valence electrons. The van der Waals surface area contributed by atoms with Crippen LogP contribution in [0.3, 0.4) is 0 Å². The minimum Gasteiger partial charge on any atom is -0.372 e. The first-order chi connectivity index (χ1) is 8.39. The smallest absolute Gasteiger partial charge is 0.372 e. The fourth-order valence-electron chi connectivity index (χ4n) is 1.30. The molecule has 0 heterocycles. The maximum atomic E-state index is 11.7. The minimum atomic E-state index is -4.34. The Morgan fingerprint density at radius 2 is 2.11 bits per heavy atom. The molecule has 0 aromatic rings. The Bertz CT molecular complexity index is 237.